The Labute approximate surface area is 143 Å². The number of piperidine rings is 1. The molecule has 2 aliphatic rings. The number of ether oxygens (including phenoxy) is 1. The van der Waals surface area contributed by atoms with Gasteiger partial charge >= 0.3 is 0 Å². The lowest BCUT2D eigenvalue weighted by atomic mass is 9.72. The lowest BCUT2D eigenvalue weighted by Crippen LogP contribution is -2.50. The molecular formula is C20H28N2O2. The molecule has 2 aromatic rings. The van der Waals surface area contributed by atoms with Crippen LogP contribution in [0.5, 0.6) is 0 Å². The van der Waals surface area contributed by atoms with E-state index >= 15 is 0 Å². The molecule has 0 radical (unpaired) electrons. The summed E-state index contributed by atoms with van der Waals surface area (Å²) < 4.78 is 5.43. The van der Waals surface area contributed by atoms with Gasteiger partial charge in [-0.05, 0) is 48.9 Å². The van der Waals surface area contributed by atoms with Crippen molar-refractivity contribution in [2.45, 2.75) is 44.8 Å². The molecule has 2 N–H and O–H groups in total. The van der Waals surface area contributed by atoms with E-state index < -0.39 is 0 Å². The number of nitrogens with one attached hydrogen (secondary N) is 1. The van der Waals surface area contributed by atoms with Gasteiger partial charge in [-0.15, -0.1) is 0 Å². The Hall–Kier alpha value is -1.36. The molecule has 1 unspecified atom stereocenters. The molecule has 4 nitrogen and oxygen atoms in total. The topological polar surface area (TPSA) is 48.5 Å². The largest absolute Gasteiger partial charge is 0.396 e. The zero-order chi connectivity index (χ0) is 16.7. The summed E-state index contributed by atoms with van der Waals surface area (Å²) in [5.74, 6) is 0.928. The van der Waals surface area contributed by atoms with Crippen LogP contribution in [0.1, 0.15) is 42.5 Å². The Bertz CT molecular complexity index is 724. The normalized spacial score (nSPS) is 26.7. The monoisotopic (exact) mass is 328 g/mol. The van der Waals surface area contributed by atoms with Gasteiger partial charge in [0.25, 0.3) is 0 Å². The van der Waals surface area contributed by atoms with Gasteiger partial charge in [0.05, 0.1) is 6.61 Å². The van der Waals surface area contributed by atoms with Crippen LogP contribution in [0.3, 0.4) is 0 Å². The standard InChI is InChI=1S/C20H28N2O2/c1-3-7-22-10-13(11-23)8-15-14-5-4-6-17-20(14)16(9-19(15)22)18(21-17)12-24-2/h4-6,13,15,19,21,23H,3,7-12H2,1-2H3/t13?,15-,19-/m1/s1. The van der Waals surface area contributed by atoms with Gasteiger partial charge in [0.15, 0.2) is 0 Å². The summed E-state index contributed by atoms with van der Waals surface area (Å²) in [6, 6.07) is 7.20. The Morgan fingerprint density at radius 2 is 2.25 bits per heavy atom. The second-order valence-corrected chi connectivity index (χ2v) is 7.44. The fraction of sp³-hybridized carbons (Fsp3) is 0.600. The maximum Gasteiger partial charge on any atom is 0.0865 e. The van der Waals surface area contributed by atoms with Crippen LogP contribution in [-0.4, -0.2) is 47.8 Å². The molecule has 1 aliphatic heterocycles. The van der Waals surface area contributed by atoms with E-state index in [2.05, 4.69) is 35.0 Å². The highest BCUT2D eigenvalue weighted by atomic mass is 16.5. The van der Waals surface area contributed by atoms with E-state index in [1.807, 2.05) is 0 Å². The minimum Gasteiger partial charge on any atom is -0.396 e. The van der Waals surface area contributed by atoms with Crippen LogP contribution >= 0.6 is 0 Å². The average molecular weight is 328 g/mol. The van der Waals surface area contributed by atoms with E-state index in [9.17, 15) is 5.11 Å². The number of hydrogen-bond acceptors (Lipinski definition) is 3. The van der Waals surface area contributed by atoms with Gasteiger partial charge in [0, 0.05) is 48.8 Å². The summed E-state index contributed by atoms with van der Waals surface area (Å²) in [5, 5.41) is 11.2. The van der Waals surface area contributed by atoms with Crippen molar-refractivity contribution in [3.05, 3.63) is 35.0 Å². The molecule has 0 spiro atoms. The lowest BCUT2D eigenvalue weighted by molar-refractivity contribution is 0.0568. The van der Waals surface area contributed by atoms with Gasteiger partial charge in [-0.25, -0.2) is 0 Å². The summed E-state index contributed by atoms with van der Waals surface area (Å²) >= 11 is 0. The van der Waals surface area contributed by atoms with Crippen LogP contribution in [0, 0.1) is 5.92 Å². The summed E-state index contributed by atoms with van der Waals surface area (Å²) in [7, 11) is 1.76. The number of nitrogens with zero attached hydrogens (tertiary/aromatic N) is 1. The molecule has 4 heteroatoms. The van der Waals surface area contributed by atoms with Crippen LogP contribution in [-0.2, 0) is 17.8 Å². The van der Waals surface area contributed by atoms with E-state index in [0.717, 1.165) is 32.4 Å². The molecular weight excluding hydrogens is 300 g/mol. The van der Waals surface area contributed by atoms with Crippen LogP contribution in [0.15, 0.2) is 18.2 Å². The SMILES string of the molecule is CCCN1CC(CO)C[C@@H]2c3cccc4[nH]c(COC)c(c34)C[C@H]21. The smallest absolute Gasteiger partial charge is 0.0865 e. The van der Waals surface area contributed by atoms with Crippen LogP contribution < -0.4 is 0 Å². The first kappa shape index (κ1) is 16.1. The van der Waals surface area contributed by atoms with Gasteiger partial charge in [-0.2, -0.15) is 0 Å². The molecule has 1 aromatic heterocycles. The van der Waals surface area contributed by atoms with Crippen LogP contribution in [0.4, 0.5) is 0 Å². The van der Waals surface area contributed by atoms with Crippen molar-refractivity contribution >= 4 is 10.9 Å². The lowest BCUT2D eigenvalue weighted by Gasteiger charge is -2.47. The van der Waals surface area contributed by atoms with Gasteiger partial charge in [0.2, 0.25) is 0 Å². The fourth-order valence-electron chi connectivity index (χ4n) is 5.01. The van der Waals surface area contributed by atoms with Crippen molar-refractivity contribution < 1.29 is 9.84 Å². The third kappa shape index (κ3) is 2.48. The van der Waals surface area contributed by atoms with E-state index in [0.29, 0.717) is 31.1 Å². The summed E-state index contributed by atoms with van der Waals surface area (Å²) in [4.78, 5) is 6.21. The number of aliphatic hydroxyl groups excluding tert-OH is 1. The van der Waals surface area contributed by atoms with Crippen molar-refractivity contribution in [3.8, 4) is 0 Å². The van der Waals surface area contributed by atoms with Gasteiger partial charge in [-0.1, -0.05) is 19.1 Å². The number of benzene rings is 1. The van der Waals surface area contributed by atoms with E-state index in [1.54, 1.807) is 7.11 Å². The predicted molar refractivity (Wildman–Crippen MR) is 96.3 cm³/mol. The number of aliphatic hydroxyl groups is 1. The molecule has 1 fully saturated rings. The number of H-pyrrole nitrogens is 1. The van der Waals surface area contributed by atoms with Crippen LogP contribution in [0.25, 0.3) is 10.9 Å². The quantitative estimate of drug-likeness (QED) is 0.887. The van der Waals surface area contributed by atoms with E-state index in [-0.39, 0.29) is 0 Å². The molecule has 130 valence electrons. The van der Waals surface area contributed by atoms with Crippen molar-refractivity contribution in [2.24, 2.45) is 5.92 Å². The molecule has 1 aromatic carbocycles. The summed E-state index contributed by atoms with van der Waals surface area (Å²) in [6.45, 7) is 5.34. The maximum atomic E-state index is 9.78. The number of likely N-dealkylation sites (tertiary alicyclic amines) is 1. The number of aromatic amines is 1. The minimum atomic E-state index is 0.300. The van der Waals surface area contributed by atoms with Crippen molar-refractivity contribution in [3.63, 3.8) is 0 Å². The molecule has 0 bridgehead atoms. The Morgan fingerprint density at radius 1 is 1.38 bits per heavy atom. The van der Waals surface area contributed by atoms with Gasteiger partial charge in [-0.3, -0.25) is 4.90 Å². The van der Waals surface area contributed by atoms with Crippen LogP contribution in [0.2, 0.25) is 0 Å². The number of hydrogen-bond donors (Lipinski definition) is 2. The second-order valence-electron chi connectivity index (χ2n) is 7.44. The zero-order valence-electron chi connectivity index (χ0n) is 14.7. The molecule has 24 heavy (non-hydrogen) atoms. The van der Waals surface area contributed by atoms with Crippen molar-refractivity contribution in [2.75, 3.05) is 26.8 Å². The van der Waals surface area contributed by atoms with Gasteiger partial charge < -0.3 is 14.8 Å². The first-order valence-corrected chi connectivity index (χ1v) is 9.23. The molecule has 2 heterocycles. The molecule has 1 aliphatic carbocycles. The predicted octanol–water partition coefficient (Wildman–Crippen LogP) is 3.05. The molecule has 4 rings (SSSR count). The second kappa shape index (κ2) is 6.51. The van der Waals surface area contributed by atoms with E-state index in [1.165, 1.54) is 27.7 Å². The first-order chi connectivity index (χ1) is 11.8. The fourth-order valence-corrected chi connectivity index (χ4v) is 5.01. The number of rotatable bonds is 5. The zero-order valence-corrected chi connectivity index (χ0v) is 14.7. The highest BCUT2D eigenvalue weighted by molar-refractivity contribution is 5.89. The third-order valence-corrected chi connectivity index (χ3v) is 5.93. The summed E-state index contributed by atoms with van der Waals surface area (Å²) in [6.07, 6.45) is 3.36. The molecule has 0 amide bonds. The maximum absolute atomic E-state index is 9.78. The average Bonchev–Trinajstić information content (AvgIpc) is 2.95. The molecule has 1 saturated heterocycles. The Morgan fingerprint density at radius 3 is 3.00 bits per heavy atom. The molecule has 3 atom stereocenters. The number of fused-ring (bicyclic) bond motifs is 2. The van der Waals surface area contributed by atoms with Crippen molar-refractivity contribution in [1.29, 1.82) is 0 Å². The van der Waals surface area contributed by atoms with Crippen molar-refractivity contribution in [1.82, 2.24) is 9.88 Å². The highest BCUT2D eigenvalue weighted by Crippen LogP contribution is 2.45. The van der Waals surface area contributed by atoms with E-state index in [4.69, 9.17) is 4.74 Å². The number of methoxy groups -OCH3 is 1. The Balaban J connectivity index is 1.81. The first-order valence-electron chi connectivity index (χ1n) is 9.23. The molecule has 0 saturated carbocycles. The Kier molecular flexibility index (Phi) is 4.37. The highest BCUT2D eigenvalue weighted by Gasteiger charge is 2.40. The minimum absolute atomic E-state index is 0.300. The van der Waals surface area contributed by atoms with Gasteiger partial charge in [0.1, 0.15) is 0 Å². The number of aromatic nitrogens is 1. The third-order valence-electron chi connectivity index (χ3n) is 5.93. The summed E-state index contributed by atoms with van der Waals surface area (Å²) in [5.41, 5.74) is 5.39.